The molecular weight excluding hydrogens is 417 g/mol. The van der Waals surface area contributed by atoms with Gasteiger partial charge in [-0.3, -0.25) is 9.59 Å². The van der Waals surface area contributed by atoms with Crippen LogP contribution in [0.2, 0.25) is 10.0 Å². The Balaban J connectivity index is 1.99. The number of fused-ring (bicyclic) bond motifs is 1. The normalized spacial score (nSPS) is 20.5. The number of allylic oxidation sites excluding steroid dienone is 2. The quantitative estimate of drug-likeness (QED) is 0.512. The summed E-state index contributed by atoms with van der Waals surface area (Å²) in [5.41, 5.74) is 2.21. The van der Waals surface area contributed by atoms with Gasteiger partial charge in [-0.2, -0.15) is 0 Å². The Morgan fingerprint density at radius 1 is 1.18 bits per heavy atom. The molecule has 1 atom stereocenters. The molecular formula is C20H19Cl2N3O2S. The number of nitrogens with zero attached hydrogens (tertiary/aromatic N) is 1. The minimum Gasteiger partial charge on any atom is -0.343 e. The van der Waals surface area contributed by atoms with Gasteiger partial charge in [0.25, 0.3) is 5.56 Å². The van der Waals surface area contributed by atoms with Crippen molar-refractivity contribution >= 4 is 46.6 Å². The number of aromatic nitrogens is 2. The minimum absolute atomic E-state index is 0.0359. The summed E-state index contributed by atoms with van der Waals surface area (Å²) in [5.74, 6) is -0.000916. The fourth-order valence-electron chi connectivity index (χ4n) is 4.02. The summed E-state index contributed by atoms with van der Waals surface area (Å²) in [5, 5.41) is 4.61. The summed E-state index contributed by atoms with van der Waals surface area (Å²) < 4.78 is 0. The predicted molar refractivity (Wildman–Crippen MR) is 114 cm³/mol. The van der Waals surface area contributed by atoms with Crippen molar-refractivity contribution in [3.63, 3.8) is 0 Å². The van der Waals surface area contributed by atoms with Gasteiger partial charge in [0.05, 0.1) is 15.6 Å². The minimum atomic E-state index is -0.531. The maximum atomic E-state index is 13.1. The monoisotopic (exact) mass is 435 g/mol. The topological polar surface area (TPSA) is 74.8 Å². The number of Topliss-reactive ketones (excluding diaryl/α,β-unsaturated/α-hetero) is 1. The van der Waals surface area contributed by atoms with E-state index in [1.54, 1.807) is 12.1 Å². The summed E-state index contributed by atoms with van der Waals surface area (Å²) in [6.07, 6.45) is 2.98. The van der Waals surface area contributed by atoms with Crippen LogP contribution in [0.4, 0.5) is 5.82 Å². The van der Waals surface area contributed by atoms with Crippen molar-refractivity contribution in [1.29, 1.82) is 0 Å². The number of hydrogen-bond acceptors (Lipinski definition) is 5. The van der Waals surface area contributed by atoms with E-state index >= 15 is 0 Å². The molecule has 8 heteroatoms. The van der Waals surface area contributed by atoms with Crippen LogP contribution in [0, 0.1) is 5.41 Å². The Morgan fingerprint density at radius 2 is 1.93 bits per heavy atom. The van der Waals surface area contributed by atoms with Gasteiger partial charge >= 0.3 is 0 Å². The van der Waals surface area contributed by atoms with Crippen molar-refractivity contribution in [3.05, 3.63) is 61.0 Å². The number of thioether (sulfide) groups is 1. The molecule has 0 fully saturated rings. The second-order valence-electron chi connectivity index (χ2n) is 7.90. The van der Waals surface area contributed by atoms with E-state index in [1.165, 1.54) is 11.8 Å². The van der Waals surface area contributed by atoms with Gasteiger partial charge < -0.3 is 10.3 Å². The van der Waals surface area contributed by atoms with E-state index in [-0.39, 0.29) is 16.8 Å². The lowest BCUT2D eigenvalue weighted by atomic mass is 9.69. The molecule has 0 unspecified atom stereocenters. The highest BCUT2D eigenvalue weighted by molar-refractivity contribution is 7.98. The number of aromatic amines is 1. The maximum absolute atomic E-state index is 13.1. The first-order chi connectivity index (χ1) is 13.2. The van der Waals surface area contributed by atoms with Gasteiger partial charge in [0, 0.05) is 23.6 Å². The molecule has 0 saturated heterocycles. The lowest BCUT2D eigenvalue weighted by Crippen LogP contribution is -2.37. The lowest BCUT2D eigenvalue weighted by molar-refractivity contribution is -0.118. The van der Waals surface area contributed by atoms with E-state index in [4.69, 9.17) is 23.2 Å². The Kier molecular flexibility index (Phi) is 4.84. The number of nitrogens with one attached hydrogen (secondary N) is 2. The molecule has 28 heavy (non-hydrogen) atoms. The summed E-state index contributed by atoms with van der Waals surface area (Å²) in [4.78, 5) is 33.4. The van der Waals surface area contributed by atoms with Crippen LogP contribution in [0.3, 0.4) is 0 Å². The summed E-state index contributed by atoms with van der Waals surface area (Å²) in [6.45, 7) is 4.14. The number of anilines is 1. The first-order valence-electron chi connectivity index (χ1n) is 8.86. The molecule has 146 valence electrons. The number of rotatable bonds is 2. The van der Waals surface area contributed by atoms with Crippen LogP contribution in [0.5, 0.6) is 0 Å². The summed E-state index contributed by atoms with van der Waals surface area (Å²) in [6, 6.07) is 5.23. The highest BCUT2D eigenvalue weighted by Gasteiger charge is 2.42. The molecule has 0 bridgehead atoms. The number of hydrogen-bond donors (Lipinski definition) is 2. The number of carbonyl (C=O) groups excluding carboxylic acids is 1. The molecule has 0 spiro atoms. The van der Waals surface area contributed by atoms with Crippen LogP contribution in [0.1, 0.15) is 43.7 Å². The van der Waals surface area contributed by atoms with Crippen molar-refractivity contribution in [3.8, 4) is 0 Å². The van der Waals surface area contributed by atoms with Gasteiger partial charge in [-0.1, -0.05) is 54.9 Å². The van der Waals surface area contributed by atoms with E-state index in [2.05, 4.69) is 29.1 Å². The van der Waals surface area contributed by atoms with Crippen molar-refractivity contribution < 1.29 is 4.79 Å². The molecule has 2 aliphatic rings. The first-order valence-corrected chi connectivity index (χ1v) is 10.8. The zero-order chi connectivity index (χ0) is 20.2. The molecule has 1 aromatic carbocycles. The van der Waals surface area contributed by atoms with Crippen molar-refractivity contribution in [2.75, 3.05) is 11.6 Å². The van der Waals surface area contributed by atoms with Crippen LogP contribution >= 0.6 is 35.0 Å². The summed E-state index contributed by atoms with van der Waals surface area (Å²) >= 11 is 13.7. The standard InChI is InChI=1S/C20H19Cl2N3O2S/c1-20(2)7-12-15(13(26)8-20)14(9-4-5-10(21)11(22)6-9)16-17(23-12)24-19(28-3)25-18(16)27/h4-6,14H,7-8H2,1-3H3,(H2,23,24,25,27)/t14-/m0/s1. The van der Waals surface area contributed by atoms with Crippen LogP contribution < -0.4 is 10.9 Å². The molecule has 1 aliphatic carbocycles. The van der Waals surface area contributed by atoms with Crippen molar-refractivity contribution in [2.45, 2.75) is 37.8 Å². The average molecular weight is 436 g/mol. The van der Waals surface area contributed by atoms with Gasteiger partial charge in [0.15, 0.2) is 10.9 Å². The van der Waals surface area contributed by atoms with Crippen LogP contribution in [0.15, 0.2) is 39.4 Å². The number of halogens is 2. The average Bonchev–Trinajstić information content (AvgIpc) is 2.61. The second kappa shape index (κ2) is 6.94. The van der Waals surface area contributed by atoms with Crippen LogP contribution in [0.25, 0.3) is 0 Å². The molecule has 0 amide bonds. The Bertz CT molecular complexity index is 1090. The summed E-state index contributed by atoms with van der Waals surface area (Å²) in [7, 11) is 0. The van der Waals surface area contributed by atoms with E-state index in [0.29, 0.717) is 45.0 Å². The highest BCUT2D eigenvalue weighted by Crippen LogP contribution is 2.48. The maximum Gasteiger partial charge on any atom is 0.257 e. The molecule has 2 N–H and O–H groups in total. The van der Waals surface area contributed by atoms with Crippen molar-refractivity contribution in [1.82, 2.24) is 9.97 Å². The van der Waals surface area contributed by atoms with E-state index in [0.717, 1.165) is 11.3 Å². The fourth-order valence-corrected chi connectivity index (χ4v) is 4.70. The van der Waals surface area contributed by atoms with Gasteiger partial charge in [0.2, 0.25) is 0 Å². The Hall–Kier alpha value is -1.76. The molecule has 0 radical (unpaired) electrons. The van der Waals surface area contributed by atoms with E-state index in [1.807, 2.05) is 12.3 Å². The third kappa shape index (κ3) is 3.27. The van der Waals surface area contributed by atoms with Crippen LogP contribution in [-0.2, 0) is 4.79 Å². The Morgan fingerprint density at radius 3 is 2.61 bits per heavy atom. The molecule has 1 aromatic heterocycles. The molecule has 1 aliphatic heterocycles. The van der Waals surface area contributed by atoms with Crippen LogP contribution in [-0.4, -0.2) is 22.0 Å². The zero-order valence-corrected chi connectivity index (χ0v) is 18.0. The van der Waals surface area contributed by atoms with Crippen molar-refractivity contribution in [2.24, 2.45) is 5.41 Å². The number of carbonyl (C=O) groups is 1. The number of ketones is 1. The second-order valence-corrected chi connectivity index (χ2v) is 9.51. The van der Waals surface area contributed by atoms with Gasteiger partial charge in [-0.05, 0) is 35.8 Å². The largest absolute Gasteiger partial charge is 0.343 e. The molecule has 0 saturated carbocycles. The van der Waals surface area contributed by atoms with Gasteiger partial charge in [-0.15, -0.1) is 0 Å². The van der Waals surface area contributed by atoms with Gasteiger partial charge in [-0.25, -0.2) is 4.98 Å². The predicted octanol–water partition coefficient (Wildman–Crippen LogP) is 5.00. The smallest absolute Gasteiger partial charge is 0.257 e. The van der Waals surface area contributed by atoms with E-state index < -0.39 is 5.92 Å². The molecule has 4 rings (SSSR count). The number of benzene rings is 1. The zero-order valence-electron chi connectivity index (χ0n) is 15.7. The lowest BCUT2D eigenvalue weighted by Gasteiger charge is -2.38. The third-order valence-electron chi connectivity index (χ3n) is 5.17. The first kappa shape index (κ1) is 19.6. The SMILES string of the molecule is CSc1nc2c(c(=O)[nH]1)[C@@H](c1ccc(Cl)c(Cl)c1)C1=C(CC(C)(C)CC1=O)N2. The highest BCUT2D eigenvalue weighted by atomic mass is 35.5. The number of H-pyrrole nitrogens is 1. The third-order valence-corrected chi connectivity index (χ3v) is 6.49. The van der Waals surface area contributed by atoms with Gasteiger partial charge in [0.1, 0.15) is 5.82 Å². The molecule has 2 heterocycles. The molecule has 2 aromatic rings. The fraction of sp³-hybridized carbons (Fsp3) is 0.350. The van der Waals surface area contributed by atoms with E-state index in [9.17, 15) is 9.59 Å². The molecule has 5 nitrogen and oxygen atoms in total. The Labute approximate surface area is 176 Å².